The molecule has 0 aliphatic heterocycles. The minimum Gasteiger partial charge on any atom is -0.326 e. The van der Waals surface area contributed by atoms with Gasteiger partial charge < -0.3 is 5.73 Å². The number of halogens is 3. The highest BCUT2D eigenvalue weighted by Crippen LogP contribution is 2.28. The average molecular weight is 215 g/mol. The zero-order valence-electron chi connectivity index (χ0n) is 7.62. The van der Waals surface area contributed by atoms with E-state index in [0.717, 1.165) is 11.6 Å². The van der Waals surface area contributed by atoms with Crippen molar-refractivity contribution in [3.63, 3.8) is 0 Å². The second-order valence-corrected chi connectivity index (χ2v) is 3.14. The van der Waals surface area contributed by atoms with Crippen LogP contribution >= 0.6 is 0 Å². The molecule has 0 unspecified atom stereocenters. The molecule has 0 aromatic carbocycles. The van der Waals surface area contributed by atoms with Gasteiger partial charge in [-0.25, -0.2) is 4.52 Å². The Labute approximate surface area is 83.3 Å². The Kier molecular flexibility index (Phi) is 2.15. The van der Waals surface area contributed by atoms with E-state index in [9.17, 15) is 13.2 Å². The smallest absolute Gasteiger partial charge is 0.326 e. The minimum atomic E-state index is -4.41. The molecule has 2 aromatic rings. The fraction of sp³-hybridized carbons (Fsp3) is 0.222. The molecule has 80 valence electrons. The Balaban J connectivity index is 2.56. The molecule has 0 amide bonds. The molecule has 2 heterocycles. The molecule has 2 rings (SSSR count). The lowest BCUT2D eigenvalue weighted by Crippen LogP contribution is -2.05. The zero-order valence-corrected chi connectivity index (χ0v) is 7.62. The molecule has 3 nitrogen and oxygen atoms in total. The number of hydrogen-bond acceptors (Lipinski definition) is 2. The third-order valence-corrected chi connectivity index (χ3v) is 2.05. The first-order chi connectivity index (χ1) is 7.00. The molecular weight excluding hydrogens is 207 g/mol. The molecule has 0 saturated carbocycles. The van der Waals surface area contributed by atoms with Crippen molar-refractivity contribution in [3.05, 3.63) is 35.7 Å². The normalized spacial score (nSPS) is 12.3. The summed E-state index contributed by atoms with van der Waals surface area (Å²) in [6.45, 7) is 0.295. The van der Waals surface area contributed by atoms with Gasteiger partial charge in [-0.1, -0.05) is 0 Å². The first-order valence-electron chi connectivity index (χ1n) is 4.26. The van der Waals surface area contributed by atoms with Crippen LogP contribution in [0.15, 0.2) is 24.4 Å². The number of rotatable bonds is 1. The van der Waals surface area contributed by atoms with E-state index in [0.29, 0.717) is 12.1 Å². The Hall–Kier alpha value is -1.56. The Morgan fingerprint density at radius 1 is 1.33 bits per heavy atom. The number of hydrogen-bond donors (Lipinski definition) is 1. The van der Waals surface area contributed by atoms with E-state index in [4.69, 9.17) is 5.73 Å². The second-order valence-electron chi connectivity index (χ2n) is 3.14. The highest BCUT2D eigenvalue weighted by molar-refractivity contribution is 5.50. The molecule has 0 bridgehead atoms. The maximum absolute atomic E-state index is 12.3. The van der Waals surface area contributed by atoms with Crippen LogP contribution in [0, 0.1) is 0 Å². The standard InChI is InChI=1S/C9H8F3N3/c10-9(11,12)8-4-7-3-6(5-13)1-2-15(7)14-8/h1-4H,5,13H2. The highest BCUT2D eigenvalue weighted by atomic mass is 19.4. The number of nitrogens with zero attached hydrogens (tertiary/aromatic N) is 2. The predicted molar refractivity (Wildman–Crippen MR) is 48.1 cm³/mol. The van der Waals surface area contributed by atoms with Crippen LogP contribution in [0.2, 0.25) is 0 Å². The number of nitrogens with two attached hydrogens (primary N) is 1. The minimum absolute atomic E-state index is 0.295. The van der Waals surface area contributed by atoms with Crippen LogP contribution in [0.5, 0.6) is 0 Å². The quantitative estimate of drug-likeness (QED) is 0.788. The molecule has 2 N–H and O–H groups in total. The van der Waals surface area contributed by atoms with Crippen LogP contribution in [0.3, 0.4) is 0 Å². The van der Waals surface area contributed by atoms with Crippen molar-refractivity contribution in [1.82, 2.24) is 9.61 Å². The average Bonchev–Trinajstić information content (AvgIpc) is 2.59. The summed E-state index contributed by atoms with van der Waals surface area (Å²) in [7, 11) is 0. The molecule has 2 aromatic heterocycles. The highest BCUT2D eigenvalue weighted by Gasteiger charge is 2.33. The molecule has 0 aliphatic carbocycles. The summed E-state index contributed by atoms with van der Waals surface area (Å²) < 4.78 is 38.1. The van der Waals surface area contributed by atoms with E-state index in [1.807, 2.05) is 0 Å². The van der Waals surface area contributed by atoms with Gasteiger partial charge in [-0.05, 0) is 23.8 Å². The molecule has 0 spiro atoms. The maximum atomic E-state index is 12.3. The first kappa shape index (κ1) is 9.97. The van der Waals surface area contributed by atoms with Gasteiger partial charge in [0.25, 0.3) is 0 Å². The van der Waals surface area contributed by atoms with Gasteiger partial charge >= 0.3 is 6.18 Å². The maximum Gasteiger partial charge on any atom is 0.435 e. The topological polar surface area (TPSA) is 43.3 Å². The fourth-order valence-electron chi connectivity index (χ4n) is 1.31. The Morgan fingerprint density at radius 2 is 2.07 bits per heavy atom. The first-order valence-corrected chi connectivity index (χ1v) is 4.26. The molecule has 0 radical (unpaired) electrons. The Bertz CT molecular complexity index is 487. The van der Waals surface area contributed by atoms with Crippen molar-refractivity contribution in [2.45, 2.75) is 12.7 Å². The van der Waals surface area contributed by atoms with Crippen molar-refractivity contribution < 1.29 is 13.2 Å². The second kappa shape index (κ2) is 3.23. The lowest BCUT2D eigenvalue weighted by molar-refractivity contribution is -0.141. The summed E-state index contributed by atoms with van der Waals surface area (Å²) in [5.74, 6) is 0. The van der Waals surface area contributed by atoms with Crippen LogP contribution in [0.25, 0.3) is 5.52 Å². The van der Waals surface area contributed by atoms with Gasteiger partial charge in [0.2, 0.25) is 0 Å². The van der Waals surface area contributed by atoms with Crippen LogP contribution < -0.4 is 5.73 Å². The number of pyridine rings is 1. The summed E-state index contributed by atoms with van der Waals surface area (Å²) in [5.41, 5.74) is 5.66. The van der Waals surface area contributed by atoms with Gasteiger partial charge in [0.15, 0.2) is 5.69 Å². The summed E-state index contributed by atoms with van der Waals surface area (Å²) in [6.07, 6.45) is -2.94. The van der Waals surface area contributed by atoms with Gasteiger partial charge in [0.1, 0.15) is 0 Å². The van der Waals surface area contributed by atoms with Crippen molar-refractivity contribution in [2.24, 2.45) is 5.73 Å². The number of aromatic nitrogens is 2. The van der Waals surface area contributed by atoms with Crippen molar-refractivity contribution in [1.29, 1.82) is 0 Å². The molecule has 0 fully saturated rings. The summed E-state index contributed by atoms with van der Waals surface area (Å²) in [6, 6.07) is 4.22. The lowest BCUT2D eigenvalue weighted by atomic mass is 10.2. The monoisotopic (exact) mass is 215 g/mol. The third kappa shape index (κ3) is 1.80. The van der Waals surface area contributed by atoms with E-state index in [-0.39, 0.29) is 0 Å². The van der Waals surface area contributed by atoms with Gasteiger partial charge in [-0.2, -0.15) is 18.3 Å². The van der Waals surface area contributed by atoms with Gasteiger partial charge in [0.05, 0.1) is 5.52 Å². The van der Waals surface area contributed by atoms with Crippen molar-refractivity contribution in [2.75, 3.05) is 0 Å². The SMILES string of the molecule is NCc1ccn2nc(C(F)(F)F)cc2c1. The molecule has 0 atom stereocenters. The fourth-order valence-corrected chi connectivity index (χ4v) is 1.31. The summed E-state index contributed by atoms with van der Waals surface area (Å²) >= 11 is 0. The molecular formula is C9H8F3N3. The molecule has 0 saturated heterocycles. The predicted octanol–water partition coefficient (Wildman–Crippen LogP) is 1.81. The summed E-state index contributed by atoms with van der Waals surface area (Å²) in [5, 5.41) is 3.41. The van der Waals surface area contributed by atoms with Crippen LogP contribution in [0.4, 0.5) is 13.2 Å². The van der Waals surface area contributed by atoms with E-state index < -0.39 is 11.9 Å². The summed E-state index contributed by atoms with van der Waals surface area (Å²) in [4.78, 5) is 0. The van der Waals surface area contributed by atoms with Crippen LogP contribution in [-0.2, 0) is 12.7 Å². The molecule has 0 aliphatic rings. The van der Waals surface area contributed by atoms with Crippen molar-refractivity contribution in [3.8, 4) is 0 Å². The molecule has 15 heavy (non-hydrogen) atoms. The van der Waals surface area contributed by atoms with Gasteiger partial charge in [-0.3, -0.25) is 0 Å². The number of fused-ring (bicyclic) bond motifs is 1. The van der Waals surface area contributed by atoms with E-state index >= 15 is 0 Å². The van der Waals surface area contributed by atoms with Crippen molar-refractivity contribution >= 4 is 5.52 Å². The van der Waals surface area contributed by atoms with Crippen LogP contribution in [-0.4, -0.2) is 9.61 Å². The number of alkyl halides is 3. The lowest BCUT2D eigenvalue weighted by Gasteiger charge is -1.98. The van der Waals surface area contributed by atoms with E-state index in [1.165, 1.54) is 10.7 Å². The Morgan fingerprint density at radius 3 is 2.67 bits per heavy atom. The zero-order chi connectivity index (χ0) is 11.1. The van der Waals surface area contributed by atoms with Crippen LogP contribution in [0.1, 0.15) is 11.3 Å². The van der Waals surface area contributed by atoms with E-state index in [2.05, 4.69) is 5.10 Å². The third-order valence-electron chi connectivity index (χ3n) is 2.05. The molecule has 6 heteroatoms. The van der Waals surface area contributed by atoms with Gasteiger partial charge in [-0.15, -0.1) is 0 Å². The van der Waals surface area contributed by atoms with E-state index in [1.54, 1.807) is 12.1 Å². The largest absolute Gasteiger partial charge is 0.435 e. The van der Waals surface area contributed by atoms with Gasteiger partial charge in [0, 0.05) is 12.7 Å².